The molecule has 12 heavy (non-hydrogen) atoms. The van der Waals surface area contributed by atoms with Crippen LogP contribution in [0.4, 0.5) is 0 Å². The number of hydrogen-bond acceptors (Lipinski definition) is 1. The van der Waals surface area contributed by atoms with Crippen LogP contribution in [0, 0.1) is 0 Å². The van der Waals surface area contributed by atoms with E-state index in [0.717, 1.165) is 6.42 Å². The summed E-state index contributed by atoms with van der Waals surface area (Å²) >= 11 is 0. The zero-order valence-electron chi connectivity index (χ0n) is 8.50. The Kier molecular flexibility index (Phi) is 5.43. The number of carbonyl (C=O) groups is 1. The Morgan fingerprint density at radius 1 is 1.58 bits per heavy atom. The molecule has 0 aliphatic carbocycles. The maximum atomic E-state index is 11.0. The van der Waals surface area contributed by atoms with Crippen molar-refractivity contribution in [3.8, 4) is 0 Å². The molecule has 0 radical (unpaired) electrons. The van der Waals surface area contributed by atoms with Crippen molar-refractivity contribution in [3.05, 3.63) is 12.3 Å². The van der Waals surface area contributed by atoms with Crippen molar-refractivity contribution in [3.63, 3.8) is 0 Å². The quantitative estimate of drug-likeness (QED) is 0.622. The van der Waals surface area contributed by atoms with Crippen LogP contribution in [0.5, 0.6) is 0 Å². The molecule has 1 aliphatic heterocycles. The molecule has 0 fully saturated rings. The average Bonchev–Trinajstić information content (AvgIpc) is 2.54. The van der Waals surface area contributed by atoms with Crippen LogP contribution >= 0.6 is 0 Å². The number of hydrogen-bond donors (Lipinski definition) is 0. The van der Waals surface area contributed by atoms with E-state index in [9.17, 15) is 4.79 Å². The highest BCUT2D eigenvalue weighted by Gasteiger charge is 2.18. The second kappa shape index (κ2) is 5.81. The predicted octanol–water partition coefficient (Wildman–Crippen LogP) is 2.56. The fraction of sp³-hybridized carbons (Fsp3) is 0.700. The third kappa shape index (κ3) is 2.68. The van der Waals surface area contributed by atoms with Gasteiger partial charge in [0.1, 0.15) is 0 Å². The molecule has 70 valence electrons. The van der Waals surface area contributed by atoms with Gasteiger partial charge in [-0.25, -0.2) is 0 Å². The van der Waals surface area contributed by atoms with Crippen LogP contribution < -0.4 is 0 Å². The summed E-state index contributed by atoms with van der Waals surface area (Å²) in [6, 6.07) is 0.367. The first-order chi connectivity index (χ1) is 5.75. The molecule has 0 aromatic rings. The monoisotopic (exact) mass is 169 g/mol. The van der Waals surface area contributed by atoms with Gasteiger partial charge in [0.25, 0.3) is 0 Å². The zero-order chi connectivity index (χ0) is 9.56. The average molecular weight is 169 g/mol. The molecule has 0 bridgehead atoms. The largest absolute Gasteiger partial charge is 0.316 e. The second-order valence-corrected chi connectivity index (χ2v) is 2.65. The van der Waals surface area contributed by atoms with Crippen LogP contribution in [0.2, 0.25) is 0 Å². The molecule has 1 aliphatic rings. The van der Waals surface area contributed by atoms with Gasteiger partial charge in [0.15, 0.2) is 0 Å². The lowest BCUT2D eigenvalue weighted by Gasteiger charge is -2.20. The highest BCUT2D eigenvalue weighted by Crippen LogP contribution is 2.12. The molecule has 2 nitrogen and oxygen atoms in total. The molecular weight excluding hydrogens is 150 g/mol. The summed E-state index contributed by atoms with van der Waals surface area (Å²) in [6.07, 6.45) is 5.41. The van der Waals surface area contributed by atoms with Crippen LogP contribution in [-0.4, -0.2) is 16.8 Å². The van der Waals surface area contributed by atoms with E-state index in [1.54, 1.807) is 4.90 Å². The Balaban J connectivity index is 0.000000561. The van der Waals surface area contributed by atoms with E-state index in [4.69, 9.17) is 0 Å². The Hall–Kier alpha value is -0.790. The Morgan fingerprint density at radius 2 is 2.17 bits per heavy atom. The van der Waals surface area contributed by atoms with Gasteiger partial charge in [0.05, 0.1) is 0 Å². The smallest absolute Gasteiger partial charge is 0.230 e. The van der Waals surface area contributed by atoms with Gasteiger partial charge in [-0.1, -0.05) is 26.8 Å². The van der Waals surface area contributed by atoms with Crippen molar-refractivity contribution in [1.29, 1.82) is 0 Å². The molecule has 1 heterocycles. The summed E-state index contributed by atoms with van der Waals surface area (Å²) in [4.78, 5) is 12.8. The zero-order valence-corrected chi connectivity index (χ0v) is 8.50. The van der Waals surface area contributed by atoms with Gasteiger partial charge in [-0.05, 0) is 13.3 Å². The summed E-state index contributed by atoms with van der Waals surface area (Å²) in [5.74, 6) is 0.231. The number of amides is 1. The Bertz CT molecular complexity index is 163. The van der Waals surface area contributed by atoms with Crippen molar-refractivity contribution in [2.24, 2.45) is 0 Å². The maximum Gasteiger partial charge on any atom is 0.230 e. The van der Waals surface area contributed by atoms with E-state index >= 15 is 0 Å². The van der Waals surface area contributed by atoms with E-state index in [1.165, 1.54) is 0 Å². The highest BCUT2D eigenvalue weighted by atomic mass is 16.2. The minimum absolute atomic E-state index is 0.231. The highest BCUT2D eigenvalue weighted by molar-refractivity contribution is 5.81. The maximum absolute atomic E-state index is 11.0. The van der Waals surface area contributed by atoms with Crippen molar-refractivity contribution >= 4 is 5.91 Å². The molecule has 0 spiro atoms. The van der Waals surface area contributed by atoms with Crippen LogP contribution in [0.25, 0.3) is 0 Å². The fourth-order valence-electron chi connectivity index (χ4n) is 1.05. The van der Waals surface area contributed by atoms with Crippen molar-refractivity contribution < 1.29 is 4.79 Å². The van der Waals surface area contributed by atoms with Gasteiger partial charge in [-0.2, -0.15) is 0 Å². The van der Waals surface area contributed by atoms with Gasteiger partial charge in [0.2, 0.25) is 5.91 Å². The summed E-state index contributed by atoms with van der Waals surface area (Å²) in [5.41, 5.74) is 0. The molecule has 1 atom stereocenters. The molecule has 1 unspecified atom stereocenters. The Labute approximate surface area is 75.3 Å². The third-order valence-corrected chi connectivity index (χ3v) is 1.91. The van der Waals surface area contributed by atoms with Crippen LogP contribution in [-0.2, 0) is 4.79 Å². The van der Waals surface area contributed by atoms with E-state index in [2.05, 4.69) is 13.8 Å². The summed E-state index contributed by atoms with van der Waals surface area (Å²) in [5, 5.41) is 0. The summed E-state index contributed by atoms with van der Waals surface area (Å²) in [6.45, 7) is 8.15. The first-order valence-electron chi connectivity index (χ1n) is 4.73. The third-order valence-electron chi connectivity index (χ3n) is 1.91. The number of carbonyl (C=O) groups excluding carboxylic acids is 1. The molecule has 0 aromatic heterocycles. The van der Waals surface area contributed by atoms with Crippen LogP contribution in [0.3, 0.4) is 0 Å². The van der Waals surface area contributed by atoms with Crippen molar-refractivity contribution in [1.82, 2.24) is 4.90 Å². The molecule has 0 saturated heterocycles. The summed E-state index contributed by atoms with van der Waals surface area (Å²) < 4.78 is 0. The Morgan fingerprint density at radius 3 is 2.50 bits per heavy atom. The molecule has 1 amide bonds. The second-order valence-electron chi connectivity index (χ2n) is 2.65. The lowest BCUT2D eigenvalue weighted by molar-refractivity contribution is -0.128. The van der Waals surface area contributed by atoms with Gasteiger partial charge >= 0.3 is 0 Å². The topological polar surface area (TPSA) is 20.3 Å². The van der Waals surface area contributed by atoms with Gasteiger partial charge < -0.3 is 4.90 Å². The minimum atomic E-state index is 0.231. The molecule has 2 heteroatoms. The molecule has 1 rings (SSSR count). The van der Waals surface area contributed by atoms with Gasteiger partial charge in [0, 0.05) is 18.7 Å². The van der Waals surface area contributed by atoms with Gasteiger partial charge in [-0.15, -0.1) is 0 Å². The van der Waals surface area contributed by atoms with Crippen LogP contribution in [0.1, 0.15) is 40.5 Å². The minimum Gasteiger partial charge on any atom is -0.316 e. The van der Waals surface area contributed by atoms with E-state index in [1.807, 2.05) is 26.1 Å². The van der Waals surface area contributed by atoms with Crippen molar-refractivity contribution in [2.75, 3.05) is 0 Å². The SMILES string of the molecule is CC.CCC(C)N1C=CCC1=O. The fourth-order valence-corrected chi connectivity index (χ4v) is 1.05. The van der Waals surface area contributed by atoms with Crippen LogP contribution in [0.15, 0.2) is 12.3 Å². The first kappa shape index (κ1) is 11.2. The molecule has 0 aromatic carbocycles. The van der Waals surface area contributed by atoms with E-state index in [-0.39, 0.29) is 5.91 Å². The summed E-state index contributed by atoms with van der Waals surface area (Å²) in [7, 11) is 0. The van der Waals surface area contributed by atoms with Crippen molar-refractivity contribution in [2.45, 2.75) is 46.6 Å². The molecule has 0 N–H and O–H groups in total. The number of nitrogens with zero attached hydrogens (tertiary/aromatic N) is 1. The predicted molar refractivity (Wildman–Crippen MR) is 51.7 cm³/mol. The molecule has 0 saturated carbocycles. The lowest BCUT2D eigenvalue weighted by atomic mass is 10.2. The molecular formula is C10H19NO. The number of rotatable bonds is 2. The first-order valence-corrected chi connectivity index (χ1v) is 4.73. The standard InChI is InChI=1S/C8H13NO.C2H6/c1-3-7(2)9-6-4-5-8(9)10;1-2/h4,6-7H,3,5H2,1-2H3;1-2H3. The van der Waals surface area contributed by atoms with E-state index in [0.29, 0.717) is 12.5 Å². The normalized spacial score (nSPS) is 17.3. The van der Waals surface area contributed by atoms with Gasteiger partial charge in [-0.3, -0.25) is 4.79 Å². The van der Waals surface area contributed by atoms with E-state index < -0.39 is 0 Å². The lowest BCUT2D eigenvalue weighted by Crippen LogP contribution is -2.29.